The number of nitrogens with one attached hydrogen (secondary N) is 1. The Morgan fingerprint density at radius 1 is 1.24 bits per heavy atom. The maximum absolute atomic E-state index is 12.3. The summed E-state index contributed by atoms with van der Waals surface area (Å²) in [5.41, 5.74) is 7.42. The molecule has 1 aliphatic heterocycles. The second-order valence-corrected chi connectivity index (χ2v) is 7.19. The predicted octanol–water partition coefficient (Wildman–Crippen LogP) is 3.30. The number of carbonyl (C=O) groups excluding carboxylic acids is 1. The molecule has 0 spiro atoms. The smallest absolute Gasteiger partial charge is 0.220 e. The highest BCUT2D eigenvalue weighted by atomic mass is 35.5. The van der Waals surface area contributed by atoms with Gasteiger partial charge >= 0.3 is 0 Å². The Balaban J connectivity index is 0.00000156. The molecule has 3 rings (SSSR count). The Hall–Kier alpha value is -0.810. The van der Waals surface area contributed by atoms with Crippen LogP contribution in [0.1, 0.15) is 50.6 Å². The number of nitrogens with two attached hydrogens (primary N) is 1. The van der Waals surface area contributed by atoms with E-state index in [-0.39, 0.29) is 42.8 Å². The Morgan fingerprint density at radius 2 is 1.96 bits per heavy atom. The first-order valence-electron chi connectivity index (χ1n) is 8.97. The average molecular weight is 388 g/mol. The van der Waals surface area contributed by atoms with Crippen LogP contribution in [0.25, 0.3) is 0 Å². The summed E-state index contributed by atoms with van der Waals surface area (Å²) in [6.45, 7) is 4.24. The highest BCUT2D eigenvalue weighted by molar-refractivity contribution is 5.85. The first kappa shape index (κ1) is 22.2. The van der Waals surface area contributed by atoms with Crippen molar-refractivity contribution in [2.75, 3.05) is 13.1 Å². The van der Waals surface area contributed by atoms with Gasteiger partial charge in [0.2, 0.25) is 5.91 Å². The van der Waals surface area contributed by atoms with Gasteiger partial charge in [-0.3, -0.25) is 9.69 Å². The fraction of sp³-hybridized carbons (Fsp3) is 0.632. The fourth-order valence-electron chi connectivity index (χ4n) is 4.04. The van der Waals surface area contributed by atoms with Crippen molar-refractivity contribution in [3.05, 3.63) is 35.9 Å². The van der Waals surface area contributed by atoms with Crippen LogP contribution >= 0.6 is 24.8 Å². The van der Waals surface area contributed by atoms with Crippen molar-refractivity contribution in [2.45, 2.75) is 57.2 Å². The molecule has 0 bridgehead atoms. The summed E-state index contributed by atoms with van der Waals surface area (Å²) >= 11 is 0. The van der Waals surface area contributed by atoms with Gasteiger partial charge in [-0.25, -0.2) is 0 Å². The summed E-state index contributed by atoms with van der Waals surface area (Å²) < 4.78 is 0. The summed E-state index contributed by atoms with van der Waals surface area (Å²) in [5.74, 6) is 0.572. The standard InChI is InChI=1S/C19H29N3O.2ClH/c1-14(15-6-3-2-4-7-15)22-11-10-17(13-22)21-19(23)12-16-8-5-9-18(16)20;;/h2-4,6-7,14,16-18H,5,8-13,20H2,1H3,(H,21,23);2*1H/t14?,16-,17?,18+;;/m0../s1. The highest BCUT2D eigenvalue weighted by Gasteiger charge is 2.30. The van der Waals surface area contributed by atoms with E-state index >= 15 is 0 Å². The lowest BCUT2D eigenvalue weighted by molar-refractivity contribution is -0.122. The lowest BCUT2D eigenvalue weighted by Gasteiger charge is -2.25. The van der Waals surface area contributed by atoms with Crippen LogP contribution < -0.4 is 11.1 Å². The molecule has 25 heavy (non-hydrogen) atoms. The molecule has 2 fully saturated rings. The molecule has 0 aromatic heterocycles. The van der Waals surface area contributed by atoms with Gasteiger partial charge in [0.15, 0.2) is 0 Å². The number of rotatable bonds is 5. The number of nitrogens with zero attached hydrogens (tertiary/aromatic N) is 1. The molecule has 1 aromatic rings. The van der Waals surface area contributed by atoms with E-state index < -0.39 is 0 Å². The minimum atomic E-state index is 0. The third-order valence-electron chi connectivity index (χ3n) is 5.58. The van der Waals surface area contributed by atoms with Crippen molar-refractivity contribution in [2.24, 2.45) is 11.7 Å². The zero-order valence-electron chi connectivity index (χ0n) is 14.9. The molecule has 142 valence electrons. The van der Waals surface area contributed by atoms with E-state index in [1.165, 1.54) is 12.0 Å². The number of halogens is 2. The van der Waals surface area contributed by atoms with Gasteiger partial charge < -0.3 is 11.1 Å². The Morgan fingerprint density at radius 3 is 2.60 bits per heavy atom. The molecule has 1 saturated heterocycles. The molecular weight excluding hydrogens is 357 g/mol. The maximum atomic E-state index is 12.3. The van der Waals surface area contributed by atoms with Crippen LogP contribution in [0.5, 0.6) is 0 Å². The van der Waals surface area contributed by atoms with Gasteiger partial charge in [0.05, 0.1) is 0 Å². The van der Waals surface area contributed by atoms with Gasteiger partial charge in [0.25, 0.3) is 0 Å². The summed E-state index contributed by atoms with van der Waals surface area (Å²) in [5, 5.41) is 3.23. The number of amides is 1. The quantitative estimate of drug-likeness (QED) is 0.814. The number of carbonyl (C=O) groups is 1. The van der Waals surface area contributed by atoms with E-state index in [4.69, 9.17) is 5.73 Å². The van der Waals surface area contributed by atoms with Gasteiger partial charge in [-0.15, -0.1) is 24.8 Å². The van der Waals surface area contributed by atoms with Crippen LogP contribution in [-0.2, 0) is 4.79 Å². The van der Waals surface area contributed by atoms with Crippen molar-refractivity contribution >= 4 is 30.7 Å². The van der Waals surface area contributed by atoms with Crippen molar-refractivity contribution in [3.63, 3.8) is 0 Å². The Bertz CT molecular complexity index is 529. The summed E-state index contributed by atoms with van der Waals surface area (Å²) in [6.07, 6.45) is 5.00. The van der Waals surface area contributed by atoms with Crippen LogP contribution in [0.2, 0.25) is 0 Å². The fourth-order valence-corrected chi connectivity index (χ4v) is 4.04. The van der Waals surface area contributed by atoms with E-state index in [1.54, 1.807) is 0 Å². The zero-order chi connectivity index (χ0) is 16.2. The first-order valence-corrected chi connectivity index (χ1v) is 8.97. The Kier molecular flexibility index (Phi) is 9.22. The van der Waals surface area contributed by atoms with Crippen LogP contribution in [0.15, 0.2) is 30.3 Å². The summed E-state index contributed by atoms with van der Waals surface area (Å²) in [4.78, 5) is 14.7. The third kappa shape index (κ3) is 5.85. The van der Waals surface area contributed by atoms with Crippen LogP contribution in [0.3, 0.4) is 0 Å². The van der Waals surface area contributed by atoms with Gasteiger partial charge in [-0.05, 0) is 37.7 Å². The molecule has 1 aliphatic carbocycles. The van der Waals surface area contributed by atoms with Crippen molar-refractivity contribution < 1.29 is 4.79 Å². The molecule has 1 saturated carbocycles. The van der Waals surface area contributed by atoms with Crippen molar-refractivity contribution in [1.29, 1.82) is 0 Å². The van der Waals surface area contributed by atoms with Gasteiger partial charge in [-0.1, -0.05) is 36.8 Å². The topological polar surface area (TPSA) is 58.4 Å². The maximum Gasteiger partial charge on any atom is 0.220 e. The molecule has 6 heteroatoms. The second kappa shape index (κ2) is 10.4. The van der Waals surface area contributed by atoms with E-state index in [1.807, 2.05) is 0 Å². The molecule has 1 heterocycles. The third-order valence-corrected chi connectivity index (χ3v) is 5.58. The largest absolute Gasteiger partial charge is 0.352 e. The molecular formula is C19H31Cl2N3O. The number of hydrogen-bond acceptors (Lipinski definition) is 3. The molecule has 2 aliphatic rings. The van der Waals surface area contributed by atoms with Crippen LogP contribution in [-0.4, -0.2) is 36.0 Å². The van der Waals surface area contributed by atoms with E-state index in [0.29, 0.717) is 18.4 Å². The monoisotopic (exact) mass is 387 g/mol. The lowest BCUT2D eigenvalue weighted by Crippen LogP contribution is -2.39. The number of benzene rings is 1. The van der Waals surface area contributed by atoms with E-state index in [9.17, 15) is 4.79 Å². The predicted molar refractivity (Wildman–Crippen MR) is 107 cm³/mol. The van der Waals surface area contributed by atoms with Gasteiger partial charge in [0.1, 0.15) is 0 Å². The van der Waals surface area contributed by atoms with Crippen LogP contribution in [0.4, 0.5) is 0 Å². The zero-order valence-corrected chi connectivity index (χ0v) is 16.5. The Labute approximate surface area is 163 Å². The summed E-state index contributed by atoms with van der Waals surface area (Å²) in [6, 6.07) is 11.5. The molecule has 1 amide bonds. The molecule has 4 nitrogen and oxygen atoms in total. The van der Waals surface area contributed by atoms with Gasteiger partial charge in [0, 0.05) is 37.6 Å². The molecule has 0 radical (unpaired) electrons. The van der Waals surface area contributed by atoms with Crippen molar-refractivity contribution in [1.82, 2.24) is 10.2 Å². The van der Waals surface area contributed by atoms with E-state index in [0.717, 1.165) is 32.4 Å². The molecule has 3 N–H and O–H groups in total. The number of hydrogen-bond donors (Lipinski definition) is 2. The first-order chi connectivity index (χ1) is 11.1. The van der Waals surface area contributed by atoms with Crippen molar-refractivity contribution in [3.8, 4) is 0 Å². The number of likely N-dealkylation sites (tertiary alicyclic amines) is 1. The minimum absolute atomic E-state index is 0. The van der Waals surface area contributed by atoms with Crippen LogP contribution in [0, 0.1) is 5.92 Å². The molecule has 2 unspecified atom stereocenters. The summed E-state index contributed by atoms with van der Waals surface area (Å²) in [7, 11) is 0. The minimum Gasteiger partial charge on any atom is -0.352 e. The molecule has 1 aromatic carbocycles. The highest BCUT2D eigenvalue weighted by Crippen LogP contribution is 2.27. The second-order valence-electron chi connectivity index (χ2n) is 7.19. The normalized spacial score (nSPS) is 27.2. The molecule has 4 atom stereocenters. The lowest BCUT2D eigenvalue weighted by atomic mass is 9.99. The van der Waals surface area contributed by atoms with Gasteiger partial charge in [-0.2, -0.15) is 0 Å². The average Bonchev–Trinajstić information content (AvgIpc) is 3.17. The van der Waals surface area contributed by atoms with E-state index in [2.05, 4.69) is 47.5 Å². The SMILES string of the molecule is CC(c1ccccc1)N1CCC(NC(=O)C[C@@H]2CCC[C@H]2N)C1.Cl.Cl.